The number of carbonyl (C=O) groups is 1. The quantitative estimate of drug-likeness (QED) is 0.772. The number of carbonyl (C=O) groups excluding carboxylic acids is 1. The second-order valence-electron chi connectivity index (χ2n) is 7.60. The van der Waals surface area contributed by atoms with Crippen molar-refractivity contribution in [3.8, 4) is 0 Å². The van der Waals surface area contributed by atoms with Crippen LogP contribution >= 0.6 is 11.6 Å². The van der Waals surface area contributed by atoms with Crippen LogP contribution in [0.15, 0.2) is 24.3 Å². The summed E-state index contributed by atoms with van der Waals surface area (Å²) < 4.78 is 32.2. The van der Waals surface area contributed by atoms with Crippen molar-refractivity contribution in [1.82, 2.24) is 9.21 Å². The Bertz CT molecular complexity index is 721. The largest absolute Gasteiger partial charge is 0.444 e. The van der Waals surface area contributed by atoms with Gasteiger partial charge in [-0.15, -0.1) is 0 Å². The Morgan fingerprint density at radius 1 is 1.23 bits per heavy atom. The molecule has 0 bridgehead atoms. The van der Waals surface area contributed by atoms with Crippen LogP contribution in [0.25, 0.3) is 0 Å². The molecule has 0 aliphatic carbocycles. The summed E-state index contributed by atoms with van der Waals surface area (Å²) in [6.07, 6.45) is 0.841. The van der Waals surface area contributed by atoms with Gasteiger partial charge in [0.05, 0.1) is 5.75 Å². The average molecular weight is 403 g/mol. The van der Waals surface area contributed by atoms with Crippen molar-refractivity contribution in [2.75, 3.05) is 20.1 Å². The van der Waals surface area contributed by atoms with E-state index in [1.165, 1.54) is 4.31 Å². The molecule has 1 heterocycles. The van der Waals surface area contributed by atoms with Crippen molar-refractivity contribution in [2.45, 2.75) is 51.0 Å². The molecule has 0 radical (unpaired) electrons. The number of likely N-dealkylation sites (tertiary alicyclic amines) is 1. The van der Waals surface area contributed by atoms with Crippen LogP contribution in [0.2, 0.25) is 5.02 Å². The fourth-order valence-corrected chi connectivity index (χ4v) is 4.47. The first-order valence-electron chi connectivity index (χ1n) is 8.66. The Kier molecular flexibility index (Phi) is 6.58. The maximum absolute atomic E-state index is 12.7. The van der Waals surface area contributed by atoms with Gasteiger partial charge < -0.3 is 9.64 Å². The van der Waals surface area contributed by atoms with E-state index in [-0.39, 0.29) is 17.9 Å². The molecule has 2 rings (SSSR count). The van der Waals surface area contributed by atoms with Crippen LogP contribution in [-0.4, -0.2) is 55.5 Å². The SMILES string of the molecule is CN(C1CCN(C(=O)OC(C)(C)C)CC1)S(=O)(=O)Cc1ccc(Cl)cc1. The lowest BCUT2D eigenvalue weighted by Crippen LogP contribution is -2.48. The fourth-order valence-electron chi connectivity index (χ4n) is 2.86. The molecule has 0 atom stereocenters. The van der Waals surface area contributed by atoms with Crippen LogP contribution in [0.5, 0.6) is 0 Å². The molecule has 1 saturated heterocycles. The number of ether oxygens (including phenoxy) is 1. The van der Waals surface area contributed by atoms with Crippen LogP contribution in [0.1, 0.15) is 39.2 Å². The minimum absolute atomic E-state index is 0.0626. The van der Waals surface area contributed by atoms with E-state index in [2.05, 4.69) is 0 Å². The monoisotopic (exact) mass is 402 g/mol. The number of nitrogens with zero attached hydrogens (tertiary/aromatic N) is 2. The first-order chi connectivity index (χ1) is 12.0. The van der Waals surface area contributed by atoms with E-state index in [1.807, 2.05) is 20.8 Å². The Morgan fingerprint density at radius 3 is 2.27 bits per heavy atom. The molecular formula is C18H27ClN2O4S. The molecule has 8 heteroatoms. The third-order valence-corrected chi connectivity index (χ3v) is 6.46. The summed E-state index contributed by atoms with van der Waals surface area (Å²) in [5.74, 6) is -0.0626. The summed E-state index contributed by atoms with van der Waals surface area (Å²) in [6, 6.07) is 6.70. The molecule has 0 aromatic heterocycles. The Labute approximate surface area is 161 Å². The van der Waals surface area contributed by atoms with Gasteiger partial charge in [0, 0.05) is 31.2 Å². The highest BCUT2D eigenvalue weighted by Gasteiger charge is 2.32. The van der Waals surface area contributed by atoms with E-state index < -0.39 is 15.6 Å². The van der Waals surface area contributed by atoms with Crippen LogP contribution in [0, 0.1) is 0 Å². The summed E-state index contributed by atoms with van der Waals surface area (Å²) >= 11 is 5.84. The number of hydrogen-bond acceptors (Lipinski definition) is 4. The topological polar surface area (TPSA) is 66.9 Å². The van der Waals surface area contributed by atoms with E-state index in [4.69, 9.17) is 16.3 Å². The zero-order valence-electron chi connectivity index (χ0n) is 15.7. The lowest BCUT2D eigenvalue weighted by atomic mass is 10.1. The first kappa shape index (κ1) is 21.0. The van der Waals surface area contributed by atoms with E-state index in [9.17, 15) is 13.2 Å². The third-order valence-electron chi connectivity index (χ3n) is 4.33. The van der Waals surface area contributed by atoms with Gasteiger partial charge in [0.15, 0.2) is 0 Å². The maximum Gasteiger partial charge on any atom is 0.410 e. The summed E-state index contributed by atoms with van der Waals surface area (Å²) in [4.78, 5) is 13.8. The molecule has 0 unspecified atom stereocenters. The number of rotatable bonds is 4. The van der Waals surface area contributed by atoms with E-state index in [0.717, 1.165) is 0 Å². The van der Waals surface area contributed by atoms with Crippen LogP contribution in [0.4, 0.5) is 4.79 Å². The molecule has 0 spiro atoms. The van der Waals surface area contributed by atoms with Gasteiger partial charge in [0.25, 0.3) is 0 Å². The van der Waals surface area contributed by atoms with Crippen molar-refractivity contribution in [3.63, 3.8) is 0 Å². The minimum Gasteiger partial charge on any atom is -0.444 e. The molecule has 146 valence electrons. The smallest absolute Gasteiger partial charge is 0.410 e. The van der Waals surface area contributed by atoms with Gasteiger partial charge in [-0.1, -0.05) is 23.7 Å². The van der Waals surface area contributed by atoms with Crippen molar-refractivity contribution >= 4 is 27.7 Å². The van der Waals surface area contributed by atoms with Gasteiger partial charge in [-0.05, 0) is 51.3 Å². The molecule has 26 heavy (non-hydrogen) atoms. The van der Waals surface area contributed by atoms with Crippen molar-refractivity contribution in [1.29, 1.82) is 0 Å². The van der Waals surface area contributed by atoms with Gasteiger partial charge in [-0.2, -0.15) is 0 Å². The number of amides is 1. The number of piperidine rings is 1. The van der Waals surface area contributed by atoms with Crippen molar-refractivity contribution in [2.24, 2.45) is 0 Å². The van der Waals surface area contributed by atoms with Crippen LogP contribution in [-0.2, 0) is 20.5 Å². The highest BCUT2D eigenvalue weighted by atomic mass is 35.5. The highest BCUT2D eigenvalue weighted by Crippen LogP contribution is 2.22. The lowest BCUT2D eigenvalue weighted by molar-refractivity contribution is 0.0183. The summed E-state index contributed by atoms with van der Waals surface area (Å²) in [5, 5.41) is 0.578. The summed E-state index contributed by atoms with van der Waals surface area (Å²) in [6.45, 7) is 6.46. The molecule has 0 N–H and O–H groups in total. The van der Waals surface area contributed by atoms with Crippen LogP contribution in [0.3, 0.4) is 0 Å². The molecule has 0 saturated carbocycles. The predicted octanol–water partition coefficient (Wildman–Crippen LogP) is 3.50. The Balaban J connectivity index is 1.93. The minimum atomic E-state index is -3.44. The molecule has 1 aliphatic rings. The zero-order chi connectivity index (χ0) is 19.5. The predicted molar refractivity (Wildman–Crippen MR) is 103 cm³/mol. The molecular weight excluding hydrogens is 376 g/mol. The second-order valence-corrected chi connectivity index (χ2v) is 10.1. The lowest BCUT2D eigenvalue weighted by Gasteiger charge is -2.36. The Morgan fingerprint density at radius 2 is 1.77 bits per heavy atom. The summed E-state index contributed by atoms with van der Waals surface area (Å²) in [7, 11) is -1.83. The van der Waals surface area contributed by atoms with Crippen molar-refractivity contribution in [3.05, 3.63) is 34.9 Å². The van der Waals surface area contributed by atoms with Gasteiger partial charge >= 0.3 is 6.09 Å². The normalized spacial score (nSPS) is 16.8. The molecule has 1 fully saturated rings. The van der Waals surface area contributed by atoms with E-state index in [0.29, 0.717) is 36.5 Å². The van der Waals surface area contributed by atoms with E-state index >= 15 is 0 Å². The number of sulfonamides is 1. The van der Waals surface area contributed by atoms with Gasteiger partial charge in [-0.25, -0.2) is 17.5 Å². The molecule has 1 aromatic carbocycles. The van der Waals surface area contributed by atoms with Crippen molar-refractivity contribution < 1.29 is 17.9 Å². The fraction of sp³-hybridized carbons (Fsp3) is 0.611. The van der Waals surface area contributed by atoms with Gasteiger partial charge in [0.2, 0.25) is 10.0 Å². The number of hydrogen-bond donors (Lipinski definition) is 0. The average Bonchev–Trinajstić information content (AvgIpc) is 2.54. The number of halogens is 1. The van der Waals surface area contributed by atoms with Gasteiger partial charge in [-0.3, -0.25) is 0 Å². The molecule has 1 aliphatic heterocycles. The standard InChI is InChI=1S/C18H27ClN2O4S/c1-18(2,3)25-17(22)21-11-9-16(10-12-21)20(4)26(23,24)13-14-5-7-15(19)8-6-14/h5-8,16H,9-13H2,1-4H3. The summed E-state index contributed by atoms with van der Waals surface area (Å²) in [5.41, 5.74) is 0.166. The second kappa shape index (κ2) is 8.15. The highest BCUT2D eigenvalue weighted by molar-refractivity contribution is 7.88. The van der Waals surface area contributed by atoms with E-state index in [1.54, 1.807) is 36.2 Å². The third kappa shape index (κ3) is 5.86. The Hall–Kier alpha value is -1.31. The van der Waals surface area contributed by atoms with Gasteiger partial charge in [0.1, 0.15) is 5.60 Å². The first-order valence-corrected chi connectivity index (χ1v) is 10.6. The molecule has 6 nitrogen and oxygen atoms in total. The number of benzene rings is 1. The van der Waals surface area contributed by atoms with Crippen LogP contribution < -0.4 is 0 Å². The zero-order valence-corrected chi connectivity index (χ0v) is 17.3. The maximum atomic E-state index is 12.7. The molecule has 1 aromatic rings. The molecule has 1 amide bonds.